The molecular formula is C56H40N2O2. The van der Waals surface area contributed by atoms with Gasteiger partial charge in [0.25, 0.3) is 0 Å². The fraction of sp³-hybridized carbons (Fsp3) is 0.0714. The molecule has 12 rings (SSSR count). The third-order valence-corrected chi connectivity index (χ3v) is 12.4. The lowest BCUT2D eigenvalue weighted by Gasteiger charge is -2.39. The molecule has 1 atom stereocenters. The molecule has 2 aliphatic heterocycles. The number of benzene rings is 9. The van der Waals surface area contributed by atoms with E-state index in [9.17, 15) is 0 Å². The first kappa shape index (κ1) is 34.5. The zero-order chi connectivity index (χ0) is 39.9. The highest BCUT2D eigenvalue weighted by molar-refractivity contribution is 6.12. The standard InChI is InChI=1S/C56H40N2O2/c1-35-29-36(2)31-40(30-35)56-44-28-26-41(57-47-15-5-9-19-51(47)59-52-20-10-6-16-48(52)57)33-45(44)55(39-24-23-37-13-3-4-14-38(37)32-39)43-27-25-42(34-46(43)56)58-49-17-7-11-21-53(49)60-54-22-12-8-18-50(54)58/h3-32,34,41H,33H2,1-2H3. The van der Waals surface area contributed by atoms with Crippen LogP contribution in [0.1, 0.15) is 22.3 Å². The van der Waals surface area contributed by atoms with Gasteiger partial charge in [0.1, 0.15) is 0 Å². The molecule has 1 aliphatic carbocycles. The Morgan fingerprint density at radius 1 is 0.467 bits per heavy atom. The lowest BCUT2D eigenvalue weighted by molar-refractivity contribution is 0.469. The van der Waals surface area contributed by atoms with Crippen LogP contribution in [0.15, 0.2) is 182 Å². The molecule has 0 fully saturated rings. The summed E-state index contributed by atoms with van der Waals surface area (Å²) in [5.41, 5.74) is 15.3. The molecule has 0 saturated heterocycles. The fourth-order valence-corrected chi connectivity index (χ4v) is 9.93. The molecule has 0 radical (unpaired) electrons. The van der Waals surface area contributed by atoms with Crippen molar-refractivity contribution in [1.29, 1.82) is 0 Å². The third kappa shape index (κ3) is 5.45. The Morgan fingerprint density at radius 3 is 1.68 bits per heavy atom. The Kier molecular flexibility index (Phi) is 7.76. The summed E-state index contributed by atoms with van der Waals surface area (Å²) in [4.78, 5) is 4.84. The Hall–Kier alpha value is -7.56. The van der Waals surface area contributed by atoms with E-state index in [-0.39, 0.29) is 6.04 Å². The molecule has 9 aromatic rings. The molecule has 286 valence electrons. The van der Waals surface area contributed by atoms with E-state index < -0.39 is 0 Å². The van der Waals surface area contributed by atoms with Crippen molar-refractivity contribution < 1.29 is 9.47 Å². The van der Waals surface area contributed by atoms with Crippen molar-refractivity contribution in [2.24, 2.45) is 0 Å². The van der Waals surface area contributed by atoms with E-state index in [1.54, 1.807) is 0 Å². The van der Waals surface area contributed by atoms with Crippen LogP contribution in [0.2, 0.25) is 0 Å². The van der Waals surface area contributed by atoms with Crippen LogP contribution >= 0.6 is 0 Å². The van der Waals surface area contributed by atoms with E-state index in [0.717, 1.165) is 57.9 Å². The smallest absolute Gasteiger partial charge is 0.151 e. The number of hydrogen-bond donors (Lipinski definition) is 0. The highest BCUT2D eigenvalue weighted by Gasteiger charge is 2.34. The van der Waals surface area contributed by atoms with Crippen LogP contribution in [0, 0.1) is 13.8 Å². The minimum Gasteiger partial charge on any atom is -0.453 e. The van der Waals surface area contributed by atoms with E-state index in [0.29, 0.717) is 0 Å². The van der Waals surface area contributed by atoms with Gasteiger partial charge in [0.2, 0.25) is 0 Å². The maximum Gasteiger partial charge on any atom is 0.151 e. The van der Waals surface area contributed by atoms with Crippen molar-refractivity contribution in [3.63, 3.8) is 0 Å². The van der Waals surface area contributed by atoms with E-state index in [4.69, 9.17) is 9.47 Å². The highest BCUT2D eigenvalue weighted by Crippen LogP contribution is 2.54. The predicted octanol–water partition coefficient (Wildman–Crippen LogP) is 15.4. The second-order valence-electron chi connectivity index (χ2n) is 16.2. The summed E-state index contributed by atoms with van der Waals surface area (Å²) >= 11 is 0. The molecule has 0 aromatic heterocycles. The van der Waals surface area contributed by atoms with Crippen molar-refractivity contribution >= 4 is 56.1 Å². The Bertz CT molecular complexity index is 3140. The van der Waals surface area contributed by atoms with Crippen molar-refractivity contribution in [3.8, 4) is 45.3 Å². The number of hydrogen-bond acceptors (Lipinski definition) is 4. The molecule has 9 aromatic carbocycles. The number of anilines is 5. The van der Waals surface area contributed by atoms with Gasteiger partial charge < -0.3 is 19.3 Å². The van der Waals surface area contributed by atoms with Gasteiger partial charge in [0.15, 0.2) is 23.0 Å². The number of aryl methyl sites for hydroxylation is 2. The molecule has 3 aliphatic rings. The van der Waals surface area contributed by atoms with Gasteiger partial charge in [0, 0.05) is 5.69 Å². The highest BCUT2D eigenvalue weighted by atomic mass is 16.5. The first-order chi connectivity index (χ1) is 29.6. The summed E-state index contributed by atoms with van der Waals surface area (Å²) in [6.07, 6.45) is 5.63. The first-order valence-electron chi connectivity index (χ1n) is 20.8. The average Bonchev–Trinajstić information content (AvgIpc) is 3.28. The largest absolute Gasteiger partial charge is 0.453 e. The van der Waals surface area contributed by atoms with E-state index in [1.807, 2.05) is 12.1 Å². The fourth-order valence-electron chi connectivity index (χ4n) is 9.93. The molecule has 0 N–H and O–H groups in total. The third-order valence-electron chi connectivity index (χ3n) is 12.4. The average molecular weight is 773 g/mol. The van der Waals surface area contributed by atoms with Crippen molar-refractivity contribution in [2.45, 2.75) is 26.3 Å². The second kappa shape index (κ2) is 13.5. The number of rotatable bonds is 4. The van der Waals surface area contributed by atoms with Crippen LogP contribution in [-0.2, 0) is 6.42 Å². The van der Waals surface area contributed by atoms with Gasteiger partial charge in [-0.05, 0) is 142 Å². The van der Waals surface area contributed by atoms with Gasteiger partial charge in [-0.2, -0.15) is 0 Å². The molecular weight excluding hydrogens is 733 g/mol. The van der Waals surface area contributed by atoms with Crippen LogP contribution in [0.4, 0.5) is 28.4 Å². The van der Waals surface area contributed by atoms with Crippen molar-refractivity contribution in [3.05, 3.63) is 204 Å². The van der Waals surface area contributed by atoms with E-state index in [1.165, 1.54) is 66.1 Å². The predicted molar refractivity (Wildman–Crippen MR) is 248 cm³/mol. The second-order valence-corrected chi connectivity index (χ2v) is 16.2. The van der Waals surface area contributed by atoms with Crippen LogP contribution in [0.3, 0.4) is 0 Å². The van der Waals surface area contributed by atoms with Crippen LogP contribution in [0.5, 0.6) is 23.0 Å². The van der Waals surface area contributed by atoms with E-state index in [2.05, 4.69) is 200 Å². The van der Waals surface area contributed by atoms with Gasteiger partial charge >= 0.3 is 0 Å². The molecule has 60 heavy (non-hydrogen) atoms. The Morgan fingerprint density at radius 2 is 1.03 bits per heavy atom. The Balaban J connectivity index is 1.15. The van der Waals surface area contributed by atoms with Gasteiger partial charge in [-0.15, -0.1) is 0 Å². The van der Waals surface area contributed by atoms with Crippen LogP contribution in [0.25, 0.3) is 49.9 Å². The van der Waals surface area contributed by atoms with Crippen molar-refractivity contribution in [1.82, 2.24) is 0 Å². The van der Waals surface area contributed by atoms with Gasteiger partial charge in [-0.3, -0.25) is 0 Å². The number of fused-ring (bicyclic) bond motifs is 7. The molecule has 0 bridgehead atoms. The first-order valence-corrected chi connectivity index (χ1v) is 20.8. The maximum atomic E-state index is 6.49. The van der Waals surface area contributed by atoms with Gasteiger partial charge in [-0.25, -0.2) is 0 Å². The number of ether oxygens (including phenoxy) is 2. The van der Waals surface area contributed by atoms with Crippen LogP contribution < -0.4 is 19.3 Å². The molecule has 1 unspecified atom stereocenters. The van der Waals surface area contributed by atoms with Crippen LogP contribution in [-0.4, -0.2) is 6.04 Å². The van der Waals surface area contributed by atoms with Gasteiger partial charge in [-0.1, -0.05) is 132 Å². The molecule has 4 heteroatoms. The minimum atomic E-state index is 0.0353. The normalized spacial score (nSPS) is 14.7. The zero-order valence-electron chi connectivity index (χ0n) is 33.4. The molecule has 0 spiro atoms. The molecule has 4 nitrogen and oxygen atoms in total. The summed E-state index contributed by atoms with van der Waals surface area (Å²) in [6.45, 7) is 4.42. The monoisotopic (exact) mass is 772 g/mol. The quantitative estimate of drug-likeness (QED) is 0.178. The number of para-hydroxylation sites is 8. The number of nitrogens with zero attached hydrogens (tertiary/aromatic N) is 2. The lowest BCUT2D eigenvalue weighted by atomic mass is 9.78. The topological polar surface area (TPSA) is 24.9 Å². The lowest BCUT2D eigenvalue weighted by Crippen LogP contribution is -2.35. The SMILES string of the molecule is Cc1cc(C)cc(-c2c3c(c(-c4ccc5ccccc5c4)c4ccc(N5c6ccccc6Oc6ccccc65)cc24)CC(N2c4ccccc4Oc4ccccc42)C=C3)c1. The molecule has 2 heterocycles. The molecule has 0 amide bonds. The van der Waals surface area contributed by atoms with Gasteiger partial charge in [0.05, 0.1) is 28.8 Å². The summed E-state index contributed by atoms with van der Waals surface area (Å²) in [5, 5.41) is 4.91. The minimum absolute atomic E-state index is 0.0353. The maximum absolute atomic E-state index is 6.49. The molecule has 0 saturated carbocycles. The van der Waals surface area contributed by atoms with Crippen molar-refractivity contribution in [2.75, 3.05) is 9.80 Å². The summed E-state index contributed by atoms with van der Waals surface area (Å²) in [6, 6.07) is 63.3. The summed E-state index contributed by atoms with van der Waals surface area (Å²) in [5.74, 6) is 3.43. The Labute approximate surface area is 349 Å². The summed E-state index contributed by atoms with van der Waals surface area (Å²) < 4.78 is 13.0. The van der Waals surface area contributed by atoms with E-state index >= 15 is 0 Å². The summed E-state index contributed by atoms with van der Waals surface area (Å²) in [7, 11) is 0. The zero-order valence-corrected chi connectivity index (χ0v) is 33.4.